The lowest BCUT2D eigenvalue weighted by Crippen LogP contribution is -2.30. The van der Waals surface area contributed by atoms with E-state index in [4.69, 9.17) is 0 Å². The number of carbonyl (C=O) groups is 2. The van der Waals surface area contributed by atoms with Crippen LogP contribution in [-0.2, 0) is 9.59 Å². The first-order valence-corrected chi connectivity index (χ1v) is 8.87. The topological polar surface area (TPSA) is 57.6 Å². The lowest BCUT2D eigenvalue weighted by molar-refractivity contribution is -0.142. The van der Waals surface area contributed by atoms with Gasteiger partial charge in [-0.3, -0.25) is 9.59 Å². The quantitative estimate of drug-likeness (QED) is 0.700. The van der Waals surface area contributed by atoms with E-state index in [1.807, 2.05) is 11.8 Å². The number of carboxylic acid groups (broad SMARTS) is 1. The van der Waals surface area contributed by atoms with Crippen LogP contribution in [0.3, 0.4) is 0 Å². The van der Waals surface area contributed by atoms with Crippen molar-refractivity contribution in [1.29, 1.82) is 0 Å². The summed E-state index contributed by atoms with van der Waals surface area (Å²) in [6.07, 6.45) is 5.23. The summed E-state index contributed by atoms with van der Waals surface area (Å²) in [5, 5.41) is 9.29. The number of nitrogens with zero attached hydrogens (tertiary/aromatic N) is 1. The zero-order chi connectivity index (χ0) is 14.5. The zero-order valence-corrected chi connectivity index (χ0v) is 13.0. The highest BCUT2D eigenvalue weighted by Gasteiger charge is 2.46. The maximum atomic E-state index is 12.2. The average molecular weight is 299 g/mol. The minimum atomic E-state index is -0.727. The zero-order valence-electron chi connectivity index (χ0n) is 12.2. The van der Waals surface area contributed by atoms with Gasteiger partial charge in [-0.1, -0.05) is 13.3 Å². The second kappa shape index (κ2) is 7.34. The van der Waals surface area contributed by atoms with Crippen LogP contribution < -0.4 is 0 Å². The maximum Gasteiger partial charge on any atom is 0.308 e. The van der Waals surface area contributed by atoms with E-state index < -0.39 is 5.97 Å². The third kappa shape index (κ3) is 4.14. The molecule has 0 aromatic heterocycles. The minimum absolute atomic E-state index is 0.142. The normalized spacial score (nSPS) is 25.9. The van der Waals surface area contributed by atoms with Crippen LogP contribution in [-0.4, -0.2) is 46.5 Å². The molecular weight excluding hydrogens is 274 g/mol. The van der Waals surface area contributed by atoms with E-state index >= 15 is 0 Å². The summed E-state index contributed by atoms with van der Waals surface area (Å²) < 4.78 is 0. The molecular formula is C15H25NO3S. The Balaban J connectivity index is 1.75. The van der Waals surface area contributed by atoms with E-state index in [2.05, 4.69) is 6.92 Å². The Morgan fingerprint density at radius 2 is 2.00 bits per heavy atom. The predicted molar refractivity (Wildman–Crippen MR) is 80.8 cm³/mol. The molecule has 4 nitrogen and oxygen atoms in total. The molecule has 0 bridgehead atoms. The molecule has 1 N–H and O–H groups in total. The molecule has 2 rings (SSSR count). The van der Waals surface area contributed by atoms with Gasteiger partial charge in [-0.05, 0) is 36.9 Å². The number of likely N-dealkylation sites (tertiary alicyclic amines) is 1. The molecule has 1 aliphatic carbocycles. The van der Waals surface area contributed by atoms with E-state index in [9.17, 15) is 14.7 Å². The fraction of sp³-hybridized carbons (Fsp3) is 0.867. The summed E-state index contributed by atoms with van der Waals surface area (Å²) in [6, 6.07) is 0. The van der Waals surface area contributed by atoms with E-state index in [1.165, 1.54) is 12.8 Å². The Kier molecular flexibility index (Phi) is 5.75. The van der Waals surface area contributed by atoms with Crippen molar-refractivity contribution in [2.45, 2.75) is 39.0 Å². The van der Waals surface area contributed by atoms with Gasteiger partial charge >= 0.3 is 5.97 Å². The summed E-state index contributed by atoms with van der Waals surface area (Å²) in [7, 11) is 0. The van der Waals surface area contributed by atoms with Gasteiger partial charge in [-0.25, -0.2) is 0 Å². The molecule has 2 atom stereocenters. The molecule has 1 saturated heterocycles. The molecule has 1 aliphatic heterocycles. The van der Waals surface area contributed by atoms with Crippen LogP contribution in [0.4, 0.5) is 0 Å². The highest BCUT2D eigenvalue weighted by Crippen LogP contribution is 2.44. The molecule has 0 aromatic carbocycles. The van der Waals surface area contributed by atoms with E-state index in [1.54, 1.807) is 4.90 Å². The molecule has 2 aliphatic rings. The van der Waals surface area contributed by atoms with Gasteiger partial charge in [0.05, 0.1) is 5.92 Å². The second-order valence-corrected chi connectivity index (χ2v) is 7.19. The number of rotatable bonds is 8. The molecule has 0 aromatic rings. The number of amides is 1. The molecule has 114 valence electrons. The average Bonchev–Trinajstić information content (AvgIpc) is 3.16. The van der Waals surface area contributed by atoms with Crippen molar-refractivity contribution in [3.8, 4) is 0 Å². The Bertz CT molecular complexity index is 357. The Hall–Kier alpha value is -0.710. The van der Waals surface area contributed by atoms with Crippen LogP contribution in [0.15, 0.2) is 0 Å². The number of aliphatic carboxylic acids is 1. The van der Waals surface area contributed by atoms with Gasteiger partial charge in [0, 0.05) is 25.3 Å². The molecule has 1 heterocycles. The van der Waals surface area contributed by atoms with Crippen LogP contribution in [0.25, 0.3) is 0 Å². The Morgan fingerprint density at radius 1 is 1.25 bits per heavy atom. The van der Waals surface area contributed by atoms with Gasteiger partial charge in [-0.2, -0.15) is 11.8 Å². The molecule has 20 heavy (non-hydrogen) atoms. The van der Waals surface area contributed by atoms with Crippen LogP contribution in [0.1, 0.15) is 39.0 Å². The highest BCUT2D eigenvalue weighted by atomic mass is 32.2. The Labute approximate surface area is 125 Å². The van der Waals surface area contributed by atoms with Crippen molar-refractivity contribution in [1.82, 2.24) is 4.90 Å². The highest BCUT2D eigenvalue weighted by molar-refractivity contribution is 7.99. The summed E-state index contributed by atoms with van der Waals surface area (Å²) in [5.41, 5.74) is 0. The minimum Gasteiger partial charge on any atom is -0.481 e. The van der Waals surface area contributed by atoms with Crippen LogP contribution in [0.5, 0.6) is 0 Å². The lowest BCUT2D eigenvalue weighted by Gasteiger charge is -2.16. The summed E-state index contributed by atoms with van der Waals surface area (Å²) in [6.45, 7) is 3.26. The summed E-state index contributed by atoms with van der Waals surface area (Å²) >= 11 is 1.83. The molecule has 0 spiro atoms. The van der Waals surface area contributed by atoms with Crippen molar-refractivity contribution < 1.29 is 14.7 Å². The first-order valence-electron chi connectivity index (χ1n) is 7.71. The SMILES string of the molecule is CCCCSCCC(=O)N1C[C@H](C(=O)O)[C@@H](C2CC2)C1. The van der Waals surface area contributed by atoms with Gasteiger partial charge in [0.1, 0.15) is 0 Å². The molecule has 5 heteroatoms. The third-order valence-corrected chi connectivity index (χ3v) is 5.44. The molecule has 2 fully saturated rings. The smallest absolute Gasteiger partial charge is 0.308 e. The van der Waals surface area contributed by atoms with Crippen molar-refractivity contribution in [3.63, 3.8) is 0 Å². The molecule has 1 saturated carbocycles. The van der Waals surface area contributed by atoms with Crippen LogP contribution >= 0.6 is 11.8 Å². The van der Waals surface area contributed by atoms with Gasteiger partial charge in [0.2, 0.25) is 5.91 Å². The van der Waals surface area contributed by atoms with Crippen molar-refractivity contribution >= 4 is 23.6 Å². The number of hydrogen-bond acceptors (Lipinski definition) is 3. The van der Waals surface area contributed by atoms with Gasteiger partial charge in [0.15, 0.2) is 0 Å². The largest absolute Gasteiger partial charge is 0.481 e. The molecule has 1 amide bonds. The number of carbonyl (C=O) groups excluding carboxylic acids is 1. The van der Waals surface area contributed by atoms with E-state index in [0.717, 1.165) is 24.3 Å². The number of hydrogen-bond donors (Lipinski definition) is 1. The van der Waals surface area contributed by atoms with Crippen molar-refractivity contribution in [2.24, 2.45) is 17.8 Å². The number of unbranched alkanes of at least 4 members (excludes halogenated alkanes) is 1. The van der Waals surface area contributed by atoms with Gasteiger partial charge in [-0.15, -0.1) is 0 Å². The fourth-order valence-corrected chi connectivity index (χ4v) is 3.98. The first-order chi connectivity index (χ1) is 9.63. The van der Waals surface area contributed by atoms with Crippen molar-refractivity contribution in [2.75, 3.05) is 24.6 Å². The standard InChI is InChI=1S/C15H25NO3S/c1-2-3-7-20-8-6-14(17)16-9-12(11-4-5-11)13(10-16)15(18)19/h11-13H,2-10H2,1H3,(H,18,19)/t12-,13+/m1/s1. The number of thioether (sulfide) groups is 1. The third-order valence-electron chi connectivity index (χ3n) is 4.37. The van der Waals surface area contributed by atoms with Gasteiger partial charge in [0.25, 0.3) is 0 Å². The fourth-order valence-electron chi connectivity index (χ4n) is 2.96. The van der Waals surface area contributed by atoms with E-state index in [0.29, 0.717) is 25.4 Å². The van der Waals surface area contributed by atoms with E-state index in [-0.39, 0.29) is 17.7 Å². The van der Waals surface area contributed by atoms with Gasteiger partial charge < -0.3 is 10.0 Å². The second-order valence-electron chi connectivity index (χ2n) is 5.96. The predicted octanol–water partition coefficient (Wildman–Crippen LogP) is 2.48. The molecule has 0 radical (unpaired) electrons. The molecule has 0 unspecified atom stereocenters. The Morgan fingerprint density at radius 3 is 2.60 bits per heavy atom. The van der Waals surface area contributed by atoms with Crippen LogP contribution in [0.2, 0.25) is 0 Å². The lowest BCUT2D eigenvalue weighted by atomic mass is 9.92. The number of carboxylic acids is 1. The maximum absolute atomic E-state index is 12.2. The monoisotopic (exact) mass is 299 g/mol. The summed E-state index contributed by atoms with van der Waals surface area (Å²) in [4.78, 5) is 25.3. The first kappa shape index (κ1) is 15.7. The van der Waals surface area contributed by atoms with Crippen molar-refractivity contribution in [3.05, 3.63) is 0 Å². The summed E-state index contributed by atoms with van der Waals surface area (Å²) in [5.74, 6) is 1.81. The van der Waals surface area contributed by atoms with Crippen LogP contribution in [0, 0.1) is 17.8 Å².